The van der Waals surface area contributed by atoms with Crippen LogP contribution in [0.2, 0.25) is 0 Å². The quantitative estimate of drug-likeness (QED) is 0.593. The van der Waals surface area contributed by atoms with Crippen LogP contribution in [-0.4, -0.2) is 34.4 Å². The molecule has 1 aliphatic carbocycles. The van der Waals surface area contributed by atoms with Crippen LogP contribution in [-0.2, 0) is 0 Å². The molecule has 1 amide bonds. The molecule has 2 aliphatic rings. The number of anilines is 2. The number of nitrogens with one attached hydrogen (secondary N) is 2. The molecule has 2 unspecified atom stereocenters. The first-order valence-electron chi connectivity index (χ1n) is 10.7. The van der Waals surface area contributed by atoms with Crippen LogP contribution < -0.4 is 10.6 Å². The van der Waals surface area contributed by atoms with E-state index in [1.54, 1.807) is 29.4 Å². The summed E-state index contributed by atoms with van der Waals surface area (Å²) in [5.74, 6) is -0.0563. The van der Waals surface area contributed by atoms with Crippen molar-refractivity contribution in [2.75, 3.05) is 11.9 Å². The summed E-state index contributed by atoms with van der Waals surface area (Å²) in [4.78, 5) is 18.8. The average molecular weight is 427 g/mol. The van der Waals surface area contributed by atoms with Crippen molar-refractivity contribution in [3.05, 3.63) is 78.4 Å². The van der Waals surface area contributed by atoms with Crippen LogP contribution in [0.4, 0.5) is 15.8 Å². The van der Waals surface area contributed by atoms with Crippen molar-refractivity contribution < 1.29 is 9.18 Å². The van der Waals surface area contributed by atoms with Gasteiger partial charge in [0.15, 0.2) is 6.19 Å². The summed E-state index contributed by atoms with van der Waals surface area (Å²) in [6.07, 6.45) is 7.68. The number of nitriles is 1. The van der Waals surface area contributed by atoms with Crippen LogP contribution in [0.5, 0.6) is 0 Å². The molecule has 2 aromatic carbocycles. The van der Waals surface area contributed by atoms with Gasteiger partial charge >= 0.3 is 0 Å². The maximum Gasteiger partial charge on any atom is 0.251 e. The molecule has 3 aromatic rings. The van der Waals surface area contributed by atoms with Gasteiger partial charge in [-0.25, -0.2) is 4.39 Å². The largest absolute Gasteiger partial charge is 0.354 e. The summed E-state index contributed by atoms with van der Waals surface area (Å²) in [5, 5.41) is 15.7. The SMILES string of the molecule is N#CN1CC2CCC1[C@@H]2NC(=O)c1ccc(-c2ccncc2Nc2ccc(F)cc2)cc1. The number of nitrogens with zero attached hydrogens (tertiary/aromatic N) is 3. The van der Waals surface area contributed by atoms with Gasteiger partial charge in [-0.05, 0) is 66.8 Å². The Hall–Kier alpha value is -3.92. The lowest BCUT2D eigenvalue weighted by Gasteiger charge is -2.21. The molecule has 2 fully saturated rings. The number of fused-ring (bicyclic) bond motifs is 2. The maximum absolute atomic E-state index is 13.2. The van der Waals surface area contributed by atoms with Gasteiger partial charge in [0, 0.05) is 29.6 Å². The molecule has 1 aliphatic heterocycles. The molecule has 7 heteroatoms. The van der Waals surface area contributed by atoms with E-state index >= 15 is 0 Å². The summed E-state index contributed by atoms with van der Waals surface area (Å²) >= 11 is 0. The van der Waals surface area contributed by atoms with Gasteiger partial charge in [-0.2, -0.15) is 5.26 Å². The molecule has 5 rings (SSSR count). The smallest absolute Gasteiger partial charge is 0.251 e. The topological polar surface area (TPSA) is 81.1 Å². The lowest BCUT2D eigenvalue weighted by molar-refractivity contribution is 0.0929. The molecule has 0 radical (unpaired) electrons. The van der Waals surface area contributed by atoms with Crippen molar-refractivity contribution in [2.45, 2.75) is 24.9 Å². The highest BCUT2D eigenvalue weighted by Crippen LogP contribution is 2.37. The average Bonchev–Trinajstić information content (AvgIpc) is 3.37. The summed E-state index contributed by atoms with van der Waals surface area (Å²) in [7, 11) is 0. The van der Waals surface area contributed by atoms with Crippen molar-refractivity contribution in [1.29, 1.82) is 5.26 Å². The number of rotatable bonds is 5. The molecule has 32 heavy (non-hydrogen) atoms. The zero-order valence-electron chi connectivity index (χ0n) is 17.3. The van der Waals surface area contributed by atoms with Gasteiger partial charge in [-0.1, -0.05) is 12.1 Å². The second kappa shape index (κ2) is 8.31. The number of amides is 1. The lowest BCUT2D eigenvalue weighted by atomic mass is 10.0. The van der Waals surface area contributed by atoms with Crippen LogP contribution in [0.1, 0.15) is 23.2 Å². The Labute approximate surface area is 185 Å². The highest BCUT2D eigenvalue weighted by atomic mass is 19.1. The van der Waals surface area contributed by atoms with Crippen molar-refractivity contribution >= 4 is 17.3 Å². The van der Waals surface area contributed by atoms with Gasteiger partial charge in [-0.3, -0.25) is 9.78 Å². The number of aromatic nitrogens is 1. The third-order valence-corrected chi connectivity index (χ3v) is 6.42. The molecule has 1 saturated carbocycles. The first-order valence-corrected chi connectivity index (χ1v) is 10.7. The number of hydrogen-bond acceptors (Lipinski definition) is 5. The molecule has 0 spiro atoms. The highest BCUT2D eigenvalue weighted by Gasteiger charge is 2.47. The van der Waals surface area contributed by atoms with Crippen LogP contribution in [0, 0.1) is 23.2 Å². The number of carbonyl (C=O) groups excluding carboxylic acids is 1. The van der Waals surface area contributed by atoms with Crippen LogP contribution in [0.3, 0.4) is 0 Å². The molecule has 6 nitrogen and oxygen atoms in total. The Morgan fingerprint density at radius 1 is 1.09 bits per heavy atom. The van der Waals surface area contributed by atoms with E-state index in [0.717, 1.165) is 41.9 Å². The fourth-order valence-corrected chi connectivity index (χ4v) is 4.80. The number of hydrogen-bond donors (Lipinski definition) is 2. The molecular formula is C25H22FN5O. The lowest BCUT2D eigenvalue weighted by Crippen LogP contribution is -2.42. The number of carbonyl (C=O) groups is 1. The molecule has 3 atom stereocenters. The molecular weight excluding hydrogens is 405 g/mol. The second-order valence-corrected chi connectivity index (χ2v) is 8.29. The molecule has 160 valence electrons. The predicted molar refractivity (Wildman–Crippen MR) is 119 cm³/mol. The van der Waals surface area contributed by atoms with Gasteiger partial charge in [0.25, 0.3) is 5.91 Å². The van der Waals surface area contributed by atoms with Crippen molar-refractivity contribution in [1.82, 2.24) is 15.2 Å². The zero-order valence-corrected chi connectivity index (χ0v) is 17.3. The van der Waals surface area contributed by atoms with E-state index in [-0.39, 0.29) is 23.8 Å². The van der Waals surface area contributed by atoms with Crippen LogP contribution in [0.15, 0.2) is 67.0 Å². The fourth-order valence-electron chi connectivity index (χ4n) is 4.80. The van der Waals surface area contributed by atoms with E-state index in [4.69, 9.17) is 0 Å². The molecule has 2 bridgehead atoms. The Balaban J connectivity index is 1.32. The van der Waals surface area contributed by atoms with E-state index in [9.17, 15) is 14.4 Å². The van der Waals surface area contributed by atoms with E-state index < -0.39 is 0 Å². The summed E-state index contributed by atoms with van der Waals surface area (Å²) < 4.78 is 13.2. The first-order chi connectivity index (χ1) is 15.6. The molecule has 2 heterocycles. The third-order valence-electron chi connectivity index (χ3n) is 6.42. The highest BCUT2D eigenvalue weighted by molar-refractivity contribution is 5.95. The third kappa shape index (κ3) is 3.76. The fraction of sp³-hybridized carbons (Fsp3) is 0.240. The summed E-state index contributed by atoms with van der Waals surface area (Å²) in [6.45, 7) is 0.733. The number of pyridine rings is 1. The molecule has 2 N–H and O–H groups in total. The van der Waals surface area contributed by atoms with E-state index in [2.05, 4.69) is 21.8 Å². The minimum absolute atomic E-state index is 0.0357. The normalized spacial score (nSPS) is 21.2. The van der Waals surface area contributed by atoms with Gasteiger partial charge < -0.3 is 15.5 Å². The van der Waals surface area contributed by atoms with Crippen molar-refractivity contribution in [3.63, 3.8) is 0 Å². The van der Waals surface area contributed by atoms with E-state index in [1.165, 1.54) is 12.1 Å². The number of likely N-dealkylation sites (tertiary alicyclic amines) is 1. The minimum atomic E-state index is -0.290. The first kappa shape index (κ1) is 20.0. The zero-order chi connectivity index (χ0) is 22.1. The predicted octanol–water partition coefficient (Wildman–Crippen LogP) is 4.30. The monoisotopic (exact) mass is 427 g/mol. The summed E-state index contributed by atoms with van der Waals surface area (Å²) in [6, 6.07) is 15.6. The van der Waals surface area contributed by atoms with Gasteiger partial charge in [-0.15, -0.1) is 0 Å². The van der Waals surface area contributed by atoms with Gasteiger partial charge in [0.05, 0.1) is 24.0 Å². The van der Waals surface area contributed by atoms with Crippen LogP contribution in [0.25, 0.3) is 11.1 Å². The van der Waals surface area contributed by atoms with Gasteiger partial charge in [0.2, 0.25) is 0 Å². The number of halogens is 1. The minimum Gasteiger partial charge on any atom is -0.354 e. The van der Waals surface area contributed by atoms with Crippen molar-refractivity contribution in [3.8, 4) is 17.3 Å². The Kier molecular flexibility index (Phi) is 5.20. The van der Waals surface area contributed by atoms with E-state index in [0.29, 0.717) is 11.5 Å². The van der Waals surface area contributed by atoms with E-state index in [1.807, 2.05) is 30.3 Å². The summed E-state index contributed by atoms with van der Waals surface area (Å²) in [5.41, 5.74) is 4.00. The standard InChI is InChI=1S/C25H22FN5O/c26-19-6-8-20(9-7-19)29-22-13-28-12-11-21(22)16-1-3-17(4-2-16)25(32)30-24-18-5-10-23(24)31(14-18)15-27/h1-4,6-9,11-13,18,23-24,29H,5,10,14H2,(H,30,32)/t18?,23?,24-/m1/s1. The molecule has 1 saturated heterocycles. The van der Waals surface area contributed by atoms with Crippen LogP contribution >= 0.6 is 0 Å². The Morgan fingerprint density at radius 3 is 2.59 bits per heavy atom. The Bertz CT molecular complexity index is 1170. The Morgan fingerprint density at radius 2 is 1.88 bits per heavy atom. The van der Waals surface area contributed by atoms with Crippen molar-refractivity contribution in [2.24, 2.45) is 5.92 Å². The van der Waals surface area contributed by atoms with Gasteiger partial charge in [0.1, 0.15) is 5.82 Å². The maximum atomic E-state index is 13.2. The molecule has 1 aromatic heterocycles. The second-order valence-electron chi connectivity index (χ2n) is 8.29. The number of piperidine rings is 1. The number of benzene rings is 2.